The summed E-state index contributed by atoms with van der Waals surface area (Å²) in [6, 6.07) is 6.14. The van der Waals surface area contributed by atoms with Gasteiger partial charge in [0.05, 0.1) is 0 Å². The molecular formula is C19H27FN2O2. The van der Waals surface area contributed by atoms with E-state index in [1.54, 1.807) is 12.1 Å². The van der Waals surface area contributed by atoms with Crippen LogP contribution in [0.15, 0.2) is 24.3 Å². The van der Waals surface area contributed by atoms with Crippen molar-refractivity contribution in [2.45, 2.75) is 46.1 Å². The Labute approximate surface area is 143 Å². The second-order valence-corrected chi connectivity index (χ2v) is 6.40. The van der Waals surface area contributed by atoms with Crippen molar-refractivity contribution >= 4 is 11.8 Å². The summed E-state index contributed by atoms with van der Waals surface area (Å²) < 4.78 is 12.9. The minimum atomic E-state index is -0.277. The van der Waals surface area contributed by atoms with Gasteiger partial charge in [-0.25, -0.2) is 4.39 Å². The molecule has 24 heavy (non-hydrogen) atoms. The highest BCUT2D eigenvalue weighted by Gasteiger charge is 2.31. The van der Waals surface area contributed by atoms with Crippen LogP contribution in [-0.4, -0.2) is 29.8 Å². The zero-order chi connectivity index (χ0) is 17.5. The Morgan fingerprint density at radius 2 is 1.58 bits per heavy atom. The van der Waals surface area contributed by atoms with E-state index in [0.29, 0.717) is 6.54 Å². The van der Waals surface area contributed by atoms with Crippen LogP contribution in [0.1, 0.15) is 45.1 Å². The van der Waals surface area contributed by atoms with Crippen molar-refractivity contribution in [1.29, 1.82) is 0 Å². The van der Waals surface area contributed by atoms with Crippen LogP contribution in [0, 0.1) is 17.7 Å². The van der Waals surface area contributed by atoms with Crippen LogP contribution in [0.5, 0.6) is 0 Å². The highest BCUT2D eigenvalue weighted by atomic mass is 19.1. The Morgan fingerprint density at radius 1 is 1.04 bits per heavy atom. The van der Waals surface area contributed by atoms with E-state index >= 15 is 0 Å². The van der Waals surface area contributed by atoms with Crippen LogP contribution in [-0.2, 0) is 16.1 Å². The first kappa shape index (κ1) is 18.4. The number of carbonyl (C=O) groups excluding carboxylic acids is 2. The lowest BCUT2D eigenvalue weighted by molar-refractivity contribution is -0.138. The highest BCUT2D eigenvalue weighted by molar-refractivity contribution is 5.81. The fourth-order valence-electron chi connectivity index (χ4n) is 3.33. The van der Waals surface area contributed by atoms with Gasteiger partial charge in [-0.15, -0.1) is 0 Å². The van der Waals surface area contributed by atoms with Gasteiger partial charge < -0.3 is 10.2 Å². The van der Waals surface area contributed by atoms with Crippen LogP contribution in [0.2, 0.25) is 0 Å². The van der Waals surface area contributed by atoms with Crippen molar-refractivity contribution < 1.29 is 14.0 Å². The number of hydrogen-bond donors (Lipinski definition) is 1. The normalized spacial score (nSPS) is 20.5. The number of nitrogens with zero attached hydrogens (tertiary/aromatic N) is 1. The topological polar surface area (TPSA) is 49.4 Å². The van der Waals surface area contributed by atoms with Gasteiger partial charge >= 0.3 is 0 Å². The average Bonchev–Trinajstić information content (AvgIpc) is 2.62. The number of carbonyl (C=O) groups is 2. The van der Waals surface area contributed by atoms with Crippen molar-refractivity contribution in [2.24, 2.45) is 11.8 Å². The molecule has 0 bridgehead atoms. The lowest BCUT2D eigenvalue weighted by Crippen LogP contribution is -2.39. The van der Waals surface area contributed by atoms with E-state index in [-0.39, 0.29) is 29.5 Å². The van der Waals surface area contributed by atoms with Gasteiger partial charge in [0.15, 0.2) is 0 Å². The molecule has 0 atom stereocenters. The predicted molar refractivity (Wildman–Crippen MR) is 91.6 cm³/mol. The second-order valence-electron chi connectivity index (χ2n) is 6.40. The summed E-state index contributed by atoms with van der Waals surface area (Å²) in [5.41, 5.74) is 0.884. The molecule has 0 spiro atoms. The molecule has 1 N–H and O–H groups in total. The molecule has 0 saturated heterocycles. The number of halogens is 1. The number of hydrogen-bond acceptors (Lipinski definition) is 2. The average molecular weight is 334 g/mol. The van der Waals surface area contributed by atoms with Crippen LogP contribution in [0.4, 0.5) is 4.39 Å². The number of rotatable bonds is 6. The molecule has 1 aromatic rings. The summed E-state index contributed by atoms with van der Waals surface area (Å²) in [7, 11) is 0. The minimum absolute atomic E-state index is 0.0220. The molecule has 0 unspecified atom stereocenters. The Bertz CT molecular complexity index is 547. The van der Waals surface area contributed by atoms with E-state index < -0.39 is 0 Å². The van der Waals surface area contributed by atoms with E-state index in [0.717, 1.165) is 44.3 Å². The smallest absolute Gasteiger partial charge is 0.225 e. The first-order valence-corrected chi connectivity index (χ1v) is 8.86. The molecule has 2 amide bonds. The summed E-state index contributed by atoms with van der Waals surface area (Å²) in [5, 5.41) is 2.92. The number of nitrogens with one attached hydrogen (secondary N) is 1. The quantitative estimate of drug-likeness (QED) is 0.869. The van der Waals surface area contributed by atoms with E-state index in [9.17, 15) is 14.0 Å². The standard InChI is InChI=1S/C19H27FN2O2/c1-3-22(4-2)19(24)16-9-7-15(8-10-16)18(23)21-13-14-5-11-17(20)12-6-14/h5-6,11-12,15-16H,3-4,7-10,13H2,1-2H3,(H,21,23). The van der Waals surface area contributed by atoms with Crippen LogP contribution in [0.25, 0.3) is 0 Å². The molecule has 132 valence electrons. The van der Waals surface area contributed by atoms with Gasteiger partial charge in [-0.1, -0.05) is 12.1 Å². The molecule has 5 heteroatoms. The lowest BCUT2D eigenvalue weighted by atomic mass is 9.81. The zero-order valence-electron chi connectivity index (χ0n) is 14.6. The van der Waals surface area contributed by atoms with E-state index in [1.165, 1.54) is 12.1 Å². The number of benzene rings is 1. The molecule has 0 aliphatic heterocycles. The van der Waals surface area contributed by atoms with E-state index in [2.05, 4.69) is 5.32 Å². The summed E-state index contributed by atoms with van der Waals surface area (Å²) >= 11 is 0. The lowest BCUT2D eigenvalue weighted by Gasteiger charge is -2.30. The van der Waals surface area contributed by atoms with Gasteiger partial charge in [0.25, 0.3) is 0 Å². The Hall–Kier alpha value is -1.91. The molecule has 1 fully saturated rings. The van der Waals surface area contributed by atoms with Gasteiger partial charge in [0.2, 0.25) is 11.8 Å². The Morgan fingerprint density at radius 3 is 2.12 bits per heavy atom. The van der Waals surface area contributed by atoms with Gasteiger partial charge in [0.1, 0.15) is 5.82 Å². The fourth-order valence-corrected chi connectivity index (χ4v) is 3.33. The van der Waals surface area contributed by atoms with Crippen molar-refractivity contribution in [1.82, 2.24) is 10.2 Å². The van der Waals surface area contributed by atoms with Gasteiger partial charge in [-0.3, -0.25) is 9.59 Å². The van der Waals surface area contributed by atoms with Gasteiger partial charge in [-0.2, -0.15) is 0 Å². The molecule has 1 aliphatic rings. The highest BCUT2D eigenvalue weighted by Crippen LogP contribution is 2.30. The molecule has 1 aromatic carbocycles. The molecule has 0 aromatic heterocycles. The summed E-state index contributed by atoms with van der Waals surface area (Å²) in [6.45, 7) is 5.89. The van der Waals surface area contributed by atoms with Crippen LogP contribution in [0.3, 0.4) is 0 Å². The van der Waals surface area contributed by atoms with Gasteiger partial charge in [-0.05, 0) is 57.2 Å². The van der Waals surface area contributed by atoms with Crippen LogP contribution >= 0.6 is 0 Å². The summed E-state index contributed by atoms with van der Waals surface area (Å²) in [6.07, 6.45) is 3.08. The minimum Gasteiger partial charge on any atom is -0.352 e. The molecular weight excluding hydrogens is 307 g/mol. The second kappa shape index (κ2) is 8.81. The summed E-state index contributed by atoms with van der Waals surface area (Å²) in [4.78, 5) is 26.5. The first-order chi connectivity index (χ1) is 11.5. The summed E-state index contributed by atoms with van der Waals surface area (Å²) in [5.74, 6) is 0.0248. The van der Waals surface area contributed by atoms with E-state index in [1.807, 2.05) is 18.7 Å². The Balaban J connectivity index is 1.78. The van der Waals surface area contributed by atoms with Crippen molar-refractivity contribution in [3.05, 3.63) is 35.6 Å². The van der Waals surface area contributed by atoms with Crippen molar-refractivity contribution in [3.8, 4) is 0 Å². The maximum Gasteiger partial charge on any atom is 0.225 e. The zero-order valence-corrected chi connectivity index (χ0v) is 14.6. The largest absolute Gasteiger partial charge is 0.352 e. The number of amides is 2. The third kappa shape index (κ3) is 4.79. The molecule has 1 aliphatic carbocycles. The van der Waals surface area contributed by atoms with Gasteiger partial charge in [0, 0.05) is 31.5 Å². The molecule has 0 radical (unpaired) electrons. The maximum atomic E-state index is 12.9. The third-order valence-electron chi connectivity index (χ3n) is 4.90. The SMILES string of the molecule is CCN(CC)C(=O)C1CCC(C(=O)NCc2ccc(F)cc2)CC1. The molecule has 4 nitrogen and oxygen atoms in total. The third-order valence-corrected chi connectivity index (χ3v) is 4.90. The first-order valence-electron chi connectivity index (χ1n) is 8.86. The Kier molecular flexibility index (Phi) is 6.76. The molecule has 2 rings (SSSR count). The predicted octanol–water partition coefficient (Wildman–Crippen LogP) is 3.12. The van der Waals surface area contributed by atoms with Crippen LogP contribution < -0.4 is 5.32 Å². The van der Waals surface area contributed by atoms with Crippen molar-refractivity contribution in [3.63, 3.8) is 0 Å². The van der Waals surface area contributed by atoms with Crippen molar-refractivity contribution in [2.75, 3.05) is 13.1 Å². The van der Waals surface area contributed by atoms with E-state index in [4.69, 9.17) is 0 Å². The monoisotopic (exact) mass is 334 g/mol. The molecule has 1 saturated carbocycles. The molecule has 0 heterocycles. The fraction of sp³-hybridized carbons (Fsp3) is 0.579. The maximum absolute atomic E-state index is 12.9.